The second kappa shape index (κ2) is 3.97. The van der Waals surface area contributed by atoms with Crippen molar-refractivity contribution in [2.45, 2.75) is 38.6 Å². The van der Waals surface area contributed by atoms with E-state index in [2.05, 4.69) is 9.98 Å². The number of benzene rings is 1. The van der Waals surface area contributed by atoms with Crippen molar-refractivity contribution in [3.05, 3.63) is 29.0 Å². The first-order chi connectivity index (χ1) is 9.09. The Morgan fingerprint density at radius 2 is 2.11 bits per heavy atom. The van der Waals surface area contributed by atoms with Crippen molar-refractivity contribution in [2.75, 3.05) is 0 Å². The summed E-state index contributed by atoms with van der Waals surface area (Å²) in [5.74, 6) is 0.248. The lowest BCUT2D eigenvalue weighted by atomic mass is 9.71. The van der Waals surface area contributed by atoms with E-state index in [0.29, 0.717) is 0 Å². The van der Waals surface area contributed by atoms with Crippen molar-refractivity contribution in [3.8, 4) is 5.75 Å². The second-order valence-electron chi connectivity index (χ2n) is 5.35. The molecule has 3 rings (SSSR count). The number of hydrogen-bond acceptors (Lipinski definition) is 3. The summed E-state index contributed by atoms with van der Waals surface area (Å²) >= 11 is 0. The number of isocyanates is 1. The van der Waals surface area contributed by atoms with Gasteiger partial charge in [-0.2, -0.15) is 4.99 Å². The standard InChI is InChI=1S/C15H16N2O2/c1-9-10(2)17-12-5-4-11(14(19)13(9)12)15(16-8-18)6-3-7-15/h4-5,17,19H,3,6-7H2,1-2H3. The van der Waals surface area contributed by atoms with Crippen LogP contribution in [0.25, 0.3) is 10.9 Å². The van der Waals surface area contributed by atoms with E-state index in [-0.39, 0.29) is 5.75 Å². The molecule has 0 atom stereocenters. The molecule has 0 amide bonds. The van der Waals surface area contributed by atoms with Crippen molar-refractivity contribution in [3.63, 3.8) is 0 Å². The van der Waals surface area contributed by atoms with E-state index >= 15 is 0 Å². The first-order valence-electron chi connectivity index (χ1n) is 6.49. The predicted molar refractivity (Wildman–Crippen MR) is 73.1 cm³/mol. The van der Waals surface area contributed by atoms with Gasteiger partial charge in [0.2, 0.25) is 6.08 Å². The third-order valence-corrected chi connectivity index (χ3v) is 4.38. The number of aromatic nitrogens is 1. The fraction of sp³-hybridized carbons (Fsp3) is 0.400. The first kappa shape index (κ1) is 12.0. The van der Waals surface area contributed by atoms with E-state index in [4.69, 9.17) is 0 Å². The van der Waals surface area contributed by atoms with Gasteiger partial charge in [-0.05, 0) is 44.7 Å². The molecule has 0 bridgehead atoms. The number of nitrogens with one attached hydrogen (secondary N) is 1. The van der Waals surface area contributed by atoms with Crippen LogP contribution in [0.5, 0.6) is 5.75 Å². The Hall–Kier alpha value is -2.06. The lowest BCUT2D eigenvalue weighted by Crippen LogP contribution is -2.31. The van der Waals surface area contributed by atoms with Crippen molar-refractivity contribution >= 4 is 17.0 Å². The van der Waals surface area contributed by atoms with Crippen LogP contribution >= 0.6 is 0 Å². The summed E-state index contributed by atoms with van der Waals surface area (Å²) in [6, 6.07) is 3.82. The molecule has 1 aliphatic carbocycles. The number of aryl methyl sites for hydroxylation is 2. The Morgan fingerprint density at radius 3 is 2.68 bits per heavy atom. The molecule has 1 aromatic heterocycles. The molecule has 98 valence electrons. The minimum atomic E-state index is -0.558. The molecule has 19 heavy (non-hydrogen) atoms. The number of H-pyrrole nitrogens is 1. The molecular weight excluding hydrogens is 240 g/mol. The van der Waals surface area contributed by atoms with Crippen molar-refractivity contribution < 1.29 is 9.90 Å². The Bertz CT molecular complexity index is 704. The molecule has 1 saturated carbocycles. The maximum absolute atomic E-state index is 10.7. The molecule has 0 spiro atoms. The van der Waals surface area contributed by atoms with Gasteiger partial charge in [0, 0.05) is 22.2 Å². The highest BCUT2D eigenvalue weighted by Crippen LogP contribution is 2.49. The third-order valence-electron chi connectivity index (χ3n) is 4.38. The molecule has 0 saturated heterocycles. The summed E-state index contributed by atoms with van der Waals surface area (Å²) in [5.41, 5.74) is 3.19. The van der Waals surface area contributed by atoms with Gasteiger partial charge in [0.05, 0.1) is 0 Å². The van der Waals surface area contributed by atoms with Gasteiger partial charge in [0.25, 0.3) is 0 Å². The number of phenols is 1. The van der Waals surface area contributed by atoms with Gasteiger partial charge in [-0.3, -0.25) is 0 Å². The van der Waals surface area contributed by atoms with E-state index in [1.54, 1.807) is 6.08 Å². The second-order valence-corrected chi connectivity index (χ2v) is 5.35. The Balaban J connectivity index is 2.28. The quantitative estimate of drug-likeness (QED) is 0.640. The zero-order valence-corrected chi connectivity index (χ0v) is 11.1. The first-order valence-corrected chi connectivity index (χ1v) is 6.49. The zero-order chi connectivity index (χ0) is 13.6. The van der Waals surface area contributed by atoms with Crippen LogP contribution in [0.3, 0.4) is 0 Å². The van der Waals surface area contributed by atoms with Crippen LogP contribution < -0.4 is 0 Å². The summed E-state index contributed by atoms with van der Waals surface area (Å²) in [6.45, 7) is 3.96. The minimum absolute atomic E-state index is 0.248. The third kappa shape index (κ3) is 1.53. The predicted octanol–water partition coefficient (Wildman–Crippen LogP) is 3.21. The lowest BCUT2D eigenvalue weighted by Gasteiger charge is -2.37. The van der Waals surface area contributed by atoms with E-state index in [9.17, 15) is 9.90 Å². The molecular formula is C15H16N2O2. The van der Waals surface area contributed by atoms with Crippen LogP contribution in [0, 0.1) is 13.8 Å². The molecule has 0 aliphatic heterocycles. The Morgan fingerprint density at radius 1 is 1.37 bits per heavy atom. The smallest absolute Gasteiger partial charge is 0.235 e. The molecule has 4 nitrogen and oxygen atoms in total. The Labute approximate surface area is 111 Å². The normalized spacial score (nSPS) is 16.9. The van der Waals surface area contributed by atoms with Gasteiger partial charge in [-0.25, -0.2) is 4.79 Å². The van der Waals surface area contributed by atoms with Gasteiger partial charge < -0.3 is 10.1 Å². The van der Waals surface area contributed by atoms with Crippen molar-refractivity contribution in [2.24, 2.45) is 4.99 Å². The zero-order valence-electron chi connectivity index (χ0n) is 11.1. The SMILES string of the molecule is Cc1[nH]c2ccc(C3(N=C=O)CCC3)c(O)c2c1C. The van der Waals surface area contributed by atoms with Gasteiger partial charge in [0.15, 0.2) is 0 Å². The van der Waals surface area contributed by atoms with Crippen LogP contribution in [0.15, 0.2) is 17.1 Å². The van der Waals surface area contributed by atoms with E-state index < -0.39 is 5.54 Å². The number of phenolic OH excluding ortho intramolecular Hbond substituents is 1. The number of nitrogens with zero attached hydrogens (tertiary/aromatic N) is 1. The van der Waals surface area contributed by atoms with Crippen LogP contribution in [-0.4, -0.2) is 16.2 Å². The molecule has 2 N–H and O–H groups in total. The average Bonchev–Trinajstić information content (AvgIpc) is 2.62. The van der Waals surface area contributed by atoms with Gasteiger partial charge in [0.1, 0.15) is 11.3 Å². The Kier molecular flexibility index (Phi) is 2.51. The summed E-state index contributed by atoms with van der Waals surface area (Å²) < 4.78 is 0. The molecule has 1 heterocycles. The molecule has 1 aliphatic rings. The van der Waals surface area contributed by atoms with E-state index in [0.717, 1.165) is 47.0 Å². The highest BCUT2D eigenvalue weighted by Gasteiger charge is 2.41. The maximum Gasteiger partial charge on any atom is 0.235 e. The maximum atomic E-state index is 10.7. The number of aromatic hydroxyl groups is 1. The van der Waals surface area contributed by atoms with Crippen molar-refractivity contribution in [1.82, 2.24) is 4.98 Å². The van der Waals surface area contributed by atoms with Gasteiger partial charge in [-0.15, -0.1) is 0 Å². The summed E-state index contributed by atoms with van der Waals surface area (Å²) in [5, 5.41) is 11.4. The number of rotatable bonds is 2. The van der Waals surface area contributed by atoms with Gasteiger partial charge >= 0.3 is 0 Å². The topological polar surface area (TPSA) is 65.5 Å². The largest absolute Gasteiger partial charge is 0.507 e. The highest BCUT2D eigenvalue weighted by atomic mass is 16.3. The molecule has 0 radical (unpaired) electrons. The molecule has 0 unspecified atom stereocenters. The number of carbonyl (C=O) groups excluding carboxylic acids is 1. The van der Waals surface area contributed by atoms with E-state index in [1.165, 1.54) is 0 Å². The van der Waals surface area contributed by atoms with Crippen LogP contribution in [0.2, 0.25) is 0 Å². The fourth-order valence-corrected chi connectivity index (χ4v) is 2.97. The fourth-order valence-electron chi connectivity index (χ4n) is 2.97. The molecule has 2 aromatic rings. The molecule has 1 fully saturated rings. The molecule has 1 aromatic carbocycles. The van der Waals surface area contributed by atoms with E-state index in [1.807, 2.05) is 26.0 Å². The van der Waals surface area contributed by atoms with Crippen LogP contribution in [0.1, 0.15) is 36.1 Å². The number of fused-ring (bicyclic) bond motifs is 1. The lowest BCUT2D eigenvalue weighted by molar-refractivity contribution is 0.248. The summed E-state index contributed by atoms with van der Waals surface area (Å²) in [7, 11) is 0. The summed E-state index contributed by atoms with van der Waals surface area (Å²) in [4.78, 5) is 17.9. The molecule has 4 heteroatoms. The average molecular weight is 256 g/mol. The van der Waals surface area contributed by atoms with Crippen LogP contribution in [-0.2, 0) is 10.3 Å². The van der Waals surface area contributed by atoms with Crippen molar-refractivity contribution in [1.29, 1.82) is 0 Å². The number of aliphatic imine (C=N–C) groups is 1. The summed E-state index contributed by atoms with van der Waals surface area (Å²) in [6.07, 6.45) is 4.27. The minimum Gasteiger partial charge on any atom is -0.507 e. The highest BCUT2D eigenvalue weighted by molar-refractivity contribution is 5.91. The van der Waals surface area contributed by atoms with Crippen LogP contribution in [0.4, 0.5) is 0 Å². The monoisotopic (exact) mass is 256 g/mol. The van der Waals surface area contributed by atoms with Gasteiger partial charge in [-0.1, -0.05) is 6.07 Å². The number of aromatic amines is 1. The number of hydrogen-bond donors (Lipinski definition) is 2.